The number of aryl methyl sites for hydroxylation is 1. The molecule has 0 aliphatic carbocycles. The second kappa shape index (κ2) is 7.54. The van der Waals surface area contributed by atoms with Crippen molar-refractivity contribution in [3.63, 3.8) is 0 Å². The van der Waals surface area contributed by atoms with Crippen LogP contribution in [0.25, 0.3) is 0 Å². The molecule has 1 rings (SSSR count). The summed E-state index contributed by atoms with van der Waals surface area (Å²) in [5.74, 6) is -0.0935. The SMILES string of the molecule is CNC(C)CNC(=O)c1ccc(C)c(Cl)c1.Cl. The maximum Gasteiger partial charge on any atom is 0.251 e. The van der Waals surface area contributed by atoms with E-state index in [9.17, 15) is 4.79 Å². The Kier molecular flexibility index (Phi) is 7.19. The molecule has 3 nitrogen and oxygen atoms in total. The average molecular weight is 277 g/mol. The fourth-order valence-corrected chi connectivity index (χ4v) is 1.36. The standard InChI is InChI=1S/C12H17ClN2O.ClH/c1-8-4-5-10(6-11(8)13)12(16)15-7-9(2)14-3;/h4-6,9,14H,7H2,1-3H3,(H,15,16);1H. The minimum Gasteiger partial charge on any atom is -0.350 e. The van der Waals surface area contributed by atoms with E-state index in [0.717, 1.165) is 5.56 Å². The summed E-state index contributed by atoms with van der Waals surface area (Å²) < 4.78 is 0. The molecule has 96 valence electrons. The molecule has 1 amide bonds. The van der Waals surface area contributed by atoms with E-state index < -0.39 is 0 Å². The number of benzene rings is 1. The van der Waals surface area contributed by atoms with Gasteiger partial charge in [-0.15, -0.1) is 12.4 Å². The van der Waals surface area contributed by atoms with Gasteiger partial charge in [0.05, 0.1) is 0 Å². The van der Waals surface area contributed by atoms with E-state index >= 15 is 0 Å². The normalized spacial score (nSPS) is 11.5. The molecule has 0 aliphatic rings. The first-order chi connectivity index (χ1) is 7.54. The highest BCUT2D eigenvalue weighted by atomic mass is 35.5. The van der Waals surface area contributed by atoms with E-state index in [1.165, 1.54) is 0 Å². The topological polar surface area (TPSA) is 41.1 Å². The Morgan fingerprint density at radius 1 is 1.47 bits per heavy atom. The molecule has 5 heteroatoms. The Balaban J connectivity index is 0.00000256. The van der Waals surface area contributed by atoms with Crippen LogP contribution in [0.5, 0.6) is 0 Å². The van der Waals surface area contributed by atoms with Crippen LogP contribution in [0.4, 0.5) is 0 Å². The number of amides is 1. The van der Waals surface area contributed by atoms with Crippen molar-refractivity contribution in [1.82, 2.24) is 10.6 Å². The summed E-state index contributed by atoms with van der Waals surface area (Å²) >= 11 is 5.96. The van der Waals surface area contributed by atoms with Crippen LogP contribution in [0, 0.1) is 6.92 Å². The molecule has 0 aromatic heterocycles. The second-order valence-corrected chi connectivity index (χ2v) is 4.27. The van der Waals surface area contributed by atoms with Gasteiger partial charge >= 0.3 is 0 Å². The number of carbonyl (C=O) groups is 1. The van der Waals surface area contributed by atoms with Crippen LogP contribution >= 0.6 is 24.0 Å². The number of rotatable bonds is 4. The largest absolute Gasteiger partial charge is 0.350 e. The summed E-state index contributed by atoms with van der Waals surface area (Å²) in [5, 5.41) is 6.51. The van der Waals surface area contributed by atoms with Gasteiger partial charge in [-0.05, 0) is 38.6 Å². The summed E-state index contributed by atoms with van der Waals surface area (Å²) in [4.78, 5) is 11.7. The van der Waals surface area contributed by atoms with Gasteiger partial charge in [0.15, 0.2) is 0 Å². The Hall–Kier alpha value is -0.770. The smallest absolute Gasteiger partial charge is 0.251 e. The van der Waals surface area contributed by atoms with Gasteiger partial charge in [-0.1, -0.05) is 17.7 Å². The minimum absolute atomic E-state index is 0. The van der Waals surface area contributed by atoms with Gasteiger partial charge in [0.2, 0.25) is 0 Å². The third-order valence-corrected chi connectivity index (χ3v) is 2.90. The Labute approximate surface area is 113 Å². The number of nitrogens with one attached hydrogen (secondary N) is 2. The maximum atomic E-state index is 11.7. The van der Waals surface area contributed by atoms with Gasteiger partial charge in [0.1, 0.15) is 0 Å². The Bertz CT molecular complexity index is 383. The van der Waals surface area contributed by atoms with Crippen LogP contribution in [-0.4, -0.2) is 25.5 Å². The number of halogens is 2. The number of hydrogen-bond acceptors (Lipinski definition) is 2. The average Bonchev–Trinajstić information content (AvgIpc) is 2.29. The maximum absolute atomic E-state index is 11.7. The second-order valence-electron chi connectivity index (χ2n) is 3.86. The monoisotopic (exact) mass is 276 g/mol. The van der Waals surface area contributed by atoms with Crippen molar-refractivity contribution >= 4 is 29.9 Å². The third kappa shape index (κ3) is 4.94. The number of likely N-dealkylation sites (N-methyl/N-ethyl adjacent to an activating group) is 1. The molecule has 0 bridgehead atoms. The van der Waals surface area contributed by atoms with Crippen molar-refractivity contribution < 1.29 is 4.79 Å². The van der Waals surface area contributed by atoms with E-state index in [-0.39, 0.29) is 24.4 Å². The lowest BCUT2D eigenvalue weighted by Gasteiger charge is -2.11. The molecule has 0 spiro atoms. The molecule has 0 radical (unpaired) electrons. The lowest BCUT2D eigenvalue weighted by molar-refractivity contribution is 0.0950. The van der Waals surface area contributed by atoms with E-state index in [4.69, 9.17) is 11.6 Å². The highest BCUT2D eigenvalue weighted by Gasteiger charge is 2.07. The fourth-order valence-electron chi connectivity index (χ4n) is 1.18. The molecular weight excluding hydrogens is 259 g/mol. The number of carbonyl (C=O) groups excluding carboxylic acids is 1. The molecule has 17 heavy (non-hydrogen) atoms. The van der Waals surface area contributed by atoms with Crippen molar-refractivity contribution in [3.05, 3.63) is 34.3 Å². The van der Waals surface area contributed by atoms with Crippen LogP contribution < -0.4 is 10.6 Å². The van der Waals surface area contributed by atoms with Crippen molar-refractivity contribution in [2.45, 2.75) is 19.9 Å². The molecule has 1 unspecified atom stereocenters. The van der Waals surface area contributed by atoms with E-state index in [1.54, 1.807) is 12.1 Å². The first-order valence-electron chi connectivity index (χ1n) is 5.26. The summed E-state index contributed by atoms with van der Waals surface area (Å²) in [6, 6.07) is 5.57. The molecular formula is C12H18Cl2N2O. The van der Waals surface area contributed by atoms with Gasteiger partial charge in [-0.25, -0.2) is 0 Å². The highest BCUT2D eigenvalue weighted by Crippen LogP contribution is 2.16. The Morgan fingerprint density at radius 3 is 2.65 bits per heavy atom. The van der Waals surface area contributed by atoms with Gasteiger partial charge in [0, 0.05) is 23.2 Å². The van der Waals surface area contributed by atoms with Crippen molar-refractivity contribution in [1.29, 1.82) is 0 Å². The summed E-state index contributed by atoms with van der Waals surface area (Å²) in [7, 11) is 1.86. The van der Waals surface area contributed by atoms with Crippen molar-refractivity contribution in [2.75, 3.05) is 13.6 Å². The summed E-state index contributed by atoms with van der Waals surface area (Å²) in [6.45, 7) is 4.51. The third-order valence-electron chi connectivity index (χ3n) is 2.50. The van der Waals surface area contributed by atoms with E-state index in [1.807, 2.05) is 27.0 Å². The first kappa shape index (κ1) is 16.2. The van der Waals surface area contributed by atoms with Crippen LogP contribution in [0.3, 0.4) is 0 Å². The molecule has 1 aromatic rings. The zero-order valence-electron chi connectivity index (χ0n) is 10.2. The van der Waals surface area contributed by atoms with Gasteiger partial charge in [-0.2, -0.15) is 0 Å². The molecule has 0 heterocycles. The number of hydrogen-bond donors (Lipinski definition) is 2. The molecule has 0 aliphatic heterocycles. The van der Waals surface area contributed by atoms with E-state index in [0.29, 0.717) is 17.1 Å². The summed E-state index contributed by atoms with van der Waals surface area (Å²) in [5.41, 5.74) is 1.57. The van der Waals surface area contributed by atoms with Gasteiger partial charge in [-0.3, -0.25) is 4.79 Å². The molecule has 1 aromatic carbocycles. The highest BCUT2D eigenvalue weighted by molar-refractivity contribution is 6.31. The fraction of sp³-hybridized carbons (Fsp3) is 0.417. The van der Waals surface area contributed by atoms with Gasteiger partial charge < -0.3 is 10.6 Å². The zero-order valence-corrected chi connectivity index (χ0v) is 11.8. The first-order valence-corrected chi connectivity index (χ1v) is 5.64. The van der Waals surface area contributed by atoms with E-state index in [2.05, 4.69) is 10.6 Å². The molecule has 0 saturated carbocycles. The summed E-state index contributed by atoms with van der Waals surface area (Å²) in [6.07, 6.45) is 0. The van der Waals surface area contributed by atoms with Crippen LogP contribution in [0.2, 0.25) is 5.02 Å². The van der Waals surface area contributed by atoms with Crippen molar-refractivity contribution in [2.24, 2.45) is 0 Å². The van der Waals surface area contributed by atoms with Crippen molar-refractivity contribution in [3.8, 4) is 0 Å². The van der Waals surface area contributed by atoms with Crippen LogP contribution in [-0.2, 0) is 0 Å². The van der Waals surface area contributed by atoms with Crippen LogP contribution in [0.1, 0.15) is 22.8 Å². The quantitative estimate of drug-likeness (QED) is 0.887. The molecule has 1 atom stereocenters. The lowest BCUT2D eigenvalue weighted by Crippen LogP contribution is -2.37. The molecule has 0 fully saturated rings. The van der Waals surface area contributed by atoms with Crippen LogP contribution in [0.15, 0.2) is 18.2 Å². The molecule has 0 saturated heterocycles. The predicted octanol–water partition coefficient (Wildman–Crippen LogP) is 2.41. The zero-order chi connectivity index (χ0) is 12.1. The predicted molar refractivity (Wildman–Crippen MR) is 74.3 cm³/mol. The minimum atomic E-state index is -0.0935. The van der Waals surface area contributed by atoms with Gasteiger partial charge in [0.25, 0.3) is 5.91 Å². The Morgan fingerprint density at radius 2 is 2.12 bits per heavy atom. The molecule has 2 N–H and O–H groups in total. The lowest BCUT2D eigenvalue weighted by atomic mass is 10.1.